The lowest BCUT2D eigenvalue weighted by molar-refractivity contribution is -0.137. The number of aromatic amines is 1. The molecule has 0 saturated heterocycles. The molecule has 1 aromatic carbocycles. The highest BCUT2D eigenvalue weighted by atomic mass is 79.9. The van der Waals surface area contributed by atoms with Gasteiger partial charge in [-0.1, -0.05) is 15.9 Å². The Morgan fingerprint density at radius 1 is 1.25 bits per heavy atom. The van der Waals surface area contributed by atoms with Crippen molar-refractivity contribution in [1.29, 1.82) is 0 Å². The van der Waals surface area contributed by atoms with Crippen LogP contribution < -0.4 is 10.9 Å². The Labute approximate surface area is 141 Å². The van der Waals surface area contributed by atoms with Gasteiger partial charge in [-0.05, 0) is 30.3 Å². The number of benzene rings is 1. The minimum Gasteiger partial charge on any atom is -0.327 e. The second-order valence-electron chi connectivity index (χ2n) is 4.62. The molecule has 0 unspecified atom stereocenters. The van der Waals surface area contributed by atoms with Crippen molar-refractivity contribution in [3.63, 3.8) is 0 Å². The van der Waals surface area contributed by atoms with Gasteiger partial charge >= 0.3 is 6.18 Å². The lowest BCUT2D eigenvalue weighted by atomic mass is 10.2. The highest BCUT2D eigenvalue weighted by Crippen LogP contribution is 2.29. The van der Waals surface area contributed by atoms with Gasteiger partial charge in [-0.3, -0.25) is 9.59 Å². The molecule has 2 N–H and O–H groups in total. The van der Waals surface area contributed by atoms with Crippen molar-refractivity contribution >= 4 is 33.6 Å². The zero-order valence-electron chi connectivity index (χ0n) is 11.7. The van der Waals surface area contributed by atoms with Crippen LogP contribution in [0.4, 0.5) is 23.2 Å². The third kappa shape index (κ3) is 4.54. The van der Waals surface area contributed by atoms with Crippen molar-refractivity contribution < 1.29 is 22.4 Å². The second-order valence-corrected chi connectivity index (χ2v) is 5.53. The number of rotatable bonds is 3. The van der Waals surface area contributed by atoms with Crippen molar-refractivity contribution in [1.82, 2.24) is 4.98 Å². The second kappa shape index (κ2) is 7.00. The Balaban J connectivity index is 2.19. The van der Waals surface area contributed by atoms with Gasteiger partial charge in [0.2, 0.25) is 5.91 Å². The van der Waals surface area contributed by atoms with Crippen molar-refractivity contribution in [3.05, 3.63) is 68.3 Å². The van der Waals surface area contributed by atoms with E-state index in [1.165, 1.54) is 18.2 Å². The summed E-state index contributed by atoms with van der Waals surface area (Å²) in [5.74, 6) is -1.46. The summed E-state index contributed by atoms with van der Waals surface area (Å²) in [6, 6.07) is 4.58. The number of halogens is 5. The van der Waals surface area contributed by atoms with Crippen LogP contribution >= 0.6 is 15.9 Å². The van der Waals surface area contributed by atoms with Gasteiger partial charge in [0.25, 0.3) is 5.56 Å². The van der Waals surface area contributed by atoms with E-state index >= 15 is 0 Å². The predicted octanol–water partition coefficient (Wildman–Crippen LogP) is 3.95. The van der Waals surface area contributed by atoms with E-state index in [1.807, 2.05) is 10.3 Å². The van der Waals surface area contributed by atoms with E-state index in [2.05, 4.69) is 15.9 Å². The minimum atomic E-state index is -4.67. The predicted molar refractivity (Wildman–Crippen MR) is 83.8 cm³/mol. The summed E-state index contributed by atoms with van der Waals surface area (Å²) in [6.45, 7) is 0. The van der Waals surface area contributed by atoms with Gasteiger partial charge < -0.3 is 10.3 Å². The number of anilines is 1. The molecule has 0 spiro atoms. The van der Waals surface area contributed by atoms with Crippen LogP contribution in [-0.2, 0) is 11.0 Å². The molecule has 2 aromatic rings. The Morgan fingerprint density at radius 2 is 1.96 bits per heavy atom. The van der Waals surface area contributed by atoms with Gasteiger partial charge in [-0.15, -0.1) is 0 Å². The molecule has 1 aromatic heterocycles. The zero-order valence-corrected chi connectivity index (χ0v) is 13.3. The molecule has 0 radical (unpaired) electrons. The number of carbonyl (C=O) groups excluding carboxylic acids is 1. The van der Waals surface area contributed by atoms with E-state index in [9.17, 15) is 27.2 Å². The topological polar surface area (TPSA) is 62.0 Å². The van der Waals surface area contributed by atoms with Gasteiger partial charge in [-0.25, -0.2) is 4.39 Å². The number of nitrogens with one attached hydrogen (secondary N) is 2. The molecule has 0 aliphatic rings. The van der Waals surface area contributed by atoms with E-state index in [0.717, 1.165) is 12.2 Å². The van der Waals surface area contributed by atoms with Crippen molar-refractivity contribution in [3.8, 4) is 0 Å². The maximum absolute atomic E-state index is 13.5. The van der Waals surface area contributed by atoms with E-state index in [4.69, 9.17) is 0 Å². The fourth-order valence-corrected chi connectivity index (χ4v) is 2.10. The number of hydrogen-bond donors (Lipinski definition) is 2. The van der Waals surface area contributed by atoms with Crippen molar-refractivity contribution in [2.75, 3.05) is 5.32 Å². The monoisotopic (exact) mass is 404 g/mol. The summed E-state index contributed by atoms with van der Waals surface area (Å²) in [6.07, 6.45) is -2.12. The van der Waals surface area contributed by atoms with Crippen LogP contribution in [0.2, 0.25) is 0 Å². The fraction of sp³-hybridized carbons (Fsp3) is 0.0667. The van der Waals surface area contributed by atoms with E-state index < -0.39 is 34.7 Å². The molecule has 24 heavy (non-hydrogen) atoms. The third-order valence-corrected chi connectivity index (χ3v) is 3.35. The lowest BCUT2D eigenvalue weighted by Crippen LogP contribution is -2.20. The molecule has 126 valence electrons. The molecule has 0 aliphatic heterocycles. The highest BCUT2D eigenvalue weighted by molar-refractivity contribution is 9.10. The lowest BCUT2D eigenvalue weighted by Gasteiger charge is -2.08. The number of alkyl halides is 3. The molecule has 0 bridgehead atoms. The highest BCUT2D eigenvalue weighted by Gasteiger charge is 2.31. The normalized spacial score (nSPS) is 11.7. The van der Waals surface area contributed by atoms with E-state index in [0.29, 0.717) is 16.7 Å². The van der Waals surface area contributed by atoms with E-state index in [-0.39, 0.29) is 5.56 Å². The summed E-state index contributed by atoms with van der Waals surface area (Å²) in [5.41, 5.74) is -2.47. The number of carbonyl (C=O) groups is 1. The summed E-state index contributed by atoms with van der Waals surface area (Å²) < 4.78 is 51.9. The van der Waals surface area contributed by atoms with Crippen LogP contribution in [0.25, 0.3) is 6.08 Å². The molecule has 4 nitrogen and oxygen atoms in total. The molecule has 0 saturated carbocycles. The SMILES string of the molecule is O=C(/C=C/c1cc(Br)ccc1F)Nc1cc(C(F)(F)F)c[nH]c1=O. The van der Waals surface area contributed by atoms with Gasteiger partial charge in [0, 0.05) is 22.3 Å². The maximum atomic E-state index is 13.5. The van der Waals surface area contributed by atoms with Crippen molar-refractivity contribution in [2.24, 2.45) is 0 Å². The largest absolute Gasteiger partial charge is 0.417 e. The third-order valence-electron chi connectivity index (χ3n) is 2.86. The molecule has 0 fully saturated rings. The summed E-state index contributed by atoms with van der Waals surface area (Å²) in [4.78, 5) is 25.1. The molecule has 9 heteroatoms. The first-order chi connectivity index (χ1) is 11.2. The Kier molecular flexibility index (Phi) is 5.23. The smallest absolute Gasteiger partial charge is 0.327 e. The quantitative estimate of drug-likeness (QED) is 0.600. The molecular weight excluding hydrogens is 396 g/mol. The number of pyridine rings is 1. The number of aromatic nitrogens is 1. The molecular formula is C15H9BrF4N2O2. The molecule has 0 aliphatic carbocycles. The fourth-order valence-electron chi connectivity index (χ4n) is 1.72. The van der Waals surface area contributed by atoms with Crippen LogP contribution in [0.3, 0.4) is 0 Å². The standard InChI is InChI=1S/C15H9BrF4N2O2/c16-10-2-3-11(17)8(5-10)1-4-13(23)22-12-6-9(15(18,19)20)7-21-14(12)24/h1-7H,(H,21,24)(H,22,23)/b4-1+. The average Bonchev–Trinajstić information content (AvgIpc) is 2.49. The number of hydrogen-bond acceptors (Lipinski definition) is 2. The number of H-pyrrole nitrogens is 1. The molecule has 1 heterocycles. The van der Waals surface area contributed by atoms with E-state index in [1.54, 1.807) is 0 Å². The van der Waals surface area contributed by atoms with Gasteiger partial charge in [-0.2, -0.15) is 13.2 Å². The van der Waals surface area contributed by atoms with Crippen LogP contribution in [0.5, 0.6) is 0 Å². The van der Waals surface area contributed by atoms with Crippen molar-refractivity contribution in [2.45, 2.75) is 6.18 Å². The van der Waals surface area contributed by atoms with Crippen LogP contribution in [-0.4, -0.2) is 10.9 Å². The first-order valence-electron chi connectivity index (χ1n) is 6.41. The molecule has 2 rings (SSSR count). The first-order valence-corrected chi connectivity index (χ1v) is 7.20. The maximum Gasteiger partial charge on any atom is 0.417 e. The van der Waals surface area contributed by atoms with Crippen LogP contribution in [0, 0.1) is 5.82 Å². The Hall–Kier alpha value is -2.42. The minimum absolute atomic E-state index is 0.0949. The molecule has 1 amide bonds. The van der Waals surface area contributed by atoms with Gasteiger partial charge in [0.1, 0.15) is 11.5 Å². The van der Waals surface area contributed by atoms with Crippen LogP contribution in [0.1, 0.15) is 11.1 Å². The van der Waals surface area contributed by atoms with Gasteiger partial charge in [0.05, 0.1) is 5.56 Å². The van der Waals surface area contributed by atoms with Gasteiger partial charge in [0.15, 0.2) is 0 Å². The average molecular weight is 405 g/mol. The first kappa shape index (κ1) is 17.9. The zero-order chi connectivity index (χ0) is 17.9. The summed E-state index contributed by atoms with van der Waals surface area (Å²) in [5, 5.41) is 2.02. The Bertz CT molecular complexity index is 859. The summed E-state index contributed by atoms with van der Waals surface area (Å²) in [7, 11) is 0. The Morgan fingerprint density at radius 3 is 2.62 bits per heavy atom. The van der Waals surface area contributed by atoms with Crippen LogP contribution in [0.15, 0.2) is 45.8 Å². The summed E-state index contributed by atoms with van der Waals surface area (Å²) >= 11 is 3.14. The molecule has 0 atom stereocenters. The number of amides is 1.